The molecule has 10 nitrogen and oxygen atoms in total. The molecule has 4 aliphatic rings. The molecule has 3 heterocycles. The van der Waals surface area contributed by atoms with E-state index in [1.54, 1.807) is 11.0 Å². The highest BCUT2D eigenvalue weighted by Crippen LogP contribution is 2.31. The summed E-state index contributed by atoms with van der Waals surface area (Å²) < 4.78 is 0. The number of nitrogens with zero attached hydrogens (tertiary/aromatic N) is 3. The van der Waals surface area contributed by atoms with Crippen molar-refractivity contribution in [1.82, 2.24) is 20.2 Å². The van der Waals surface area contributed by atoms with Crippen molar-refractivity contribution in [2.45, 2.75) is 95.2 Å². The standard InChI is InChI=1S/C34H42N4O6.H2/c39-30-15-16-31(40)38(30)44-34(43)29-21-27(36-17-7-2-8-18-36)22-37(29)33(42)28(19-23-9-3-1-4-10-23)35-32(41)26-14-13-24-11-5-6-12-25(24)20-26;/h5-6,11-14,20,23,27-29H,1-4,7-10,15-19,21-22H2,(H,35,41);1H/t27-,28-,29+;/m1./s1. The van der Waals surface area contributed by atoms with Crippen LogP contribution in [0.4, 0.5) is 0 Å². The summed E-state index contributed by atoms with van der Waals surface area (Å²) in [6.07, 6.45) is 9.47. The van der Waals surface area contributed by atoms with Crippen LogP contribution >= 0.6 is 0 Å². The fraction of sp³-hybridized carbons (Fsp3) is 0.559. The fourth-order valence-corrected chi connectivity index (χ4v) is 7.39. The SMILES string of the molecule is O=C(N[C@H](CC1CCCCC1)C(=O)N1C[C@H](N2CCCCC2)C[C@H]1C(=O)ON1C(=O)CCC1=O)c1ccc2ccccc2c1.[HH]. The molecule has 0 bridgehead atoms. The van der Waals surface area contributed by atoms with Gasteiger partial charge in [0.2, 0.25) is 5.91 Å². The zero-order valence-electron chi connectivity index (χ0n) is 25.2. The summed E-state index contributed by atoms with van der Waals surface area (Å²) in [5.41, 5.74) is 0.472. The predicted molar refractivity (Wildman–Crippen MR) is 165 cm³/mol. The van der Waals surface area contributed by atoms with Gasteiger partial charge in [0.25, 0.3) is 17.7 Å². The van der Waals surface area contributed by atoms with Gasteiger partial charge in [0.1, 0.15) is 12.1 Å². The summed E-state index contributed by atoms with van der Waals surface area (Å²) >= 11 is 0. The lowest BCUT2D eigenvalue weighted by molar-refractivity contribution is -0.200. The first-order chi connectivity index (χ1) is 21.4. The van der Waals surface area contributed by atoms with Crippen LogP contribution < -0.4 is 5.32 Å². The minimum atomic E-state index is -0.956. The highest BCUT2D eigenvalue weighted by molar-refractivity contribution is 6.03. The van der Waals surface area contributed by atoms with Gasteiger partial charge in [-0.2, -0.15) is 0 Å². The van der Waals surface area contributed by atoms with Crippen molar-refractivity contribution in [3.05, 3.63) is 48.0 Å². The lowest BCUT2D eigenvalue weighted by Crippen LogP contribution is -2.53. The molecule has 3 atom stereocenters. The zero-order valence-corrected chi connectivity index (χ0v) is 25.2. The summed E-state index contributed by atoms with van der Waals surface area (Å²) in [4.78, 5) is 75.3. The van der Waals surface area contributed by atoms with E-state index in [9.17, 15) is 24.0 Å². The highest BCUT2D eigenvalue weighted by Gasteiger charge is 2.47. The quantitative estimate of drug-likeness (QED) is 0.449. The first-order valence-corrected chi connectivity index (χ1v) is 16.3. The minimum absolute atomic E-state index is 0. The van der Waals surface area contributed by atoms with Gasteiger partial charge in [-0.05, 0) is 67.6 Å². The van der Waals surface area contributed by atoms with Crippen molar-refractivity contribution in [2.24, 2.45) is 5.92 Å². The van der Waals surface area contributed by atoms with Crippen LogP contribution in [0.5, 0.6) is 0 Å². The maximum atomic E-state index is 14.4. The first kappa shape index (κ1) is 30.2. The van der Waals surface area contributed by atoms with Crippen molar-refractivity contribution in [1.29, 1.82) is 0 Å². The summed E-state index contributed by atoms with van der Waals surface area (Å²) in [7, 11) is 0. The van der Waals surface area contributed by atoms with Gasteiger partial charge < -0.3 is 15.1 Å². The average molecular weight is 605 g/mol. The second-order valence-corrected chi connectivity index (χ2v) is 12.8. The van der Waals surface area contributed by atoms with E-state index >= 15 is 0 Å². The van der Waals surface area contributed by atoms with Crippen molar-refractivity contribution in [2.75, 3.05) is 19.6 Å². The van der Waals surface area contributed by atoms with Gasteiger partial charge >= 0.3 is 5.97 Å². The molecule has 0 spiro atoms. The van der Waals surface area contributed by atoms with E-state index in [1.165, 1.54) is 6.42 Å². The zero-order chi connectivity index (χ0) is 30.6. The lowest BCUT2D eigenvalue weighted by Gasteiger charge is -2.33. The van der Waals surface area contributed by atoms with Crippen LogP contribution in [0.25, 0.3) is 10.8 Å². The molecule has 10 heteroatoms. The lowest BCUT2D eigenvalue weighted by atomic mass is 9.84. The van der Waals surface area contributed by atoms with Crippen molar-refractivity contribution < 1.29 is 30.2 Å². The molecule has 2 aromatic rings. The number of amides is 4. The monoisotopic (exact) mass is 604 g/mol. The van der Waals surface area contributed by atoms with Gasteiger partial charge in [-0.3, -0.25) is 24.1 Å². The van der Waals surface area contributed by atoms with Crippen LogP contribution in [0.3, 0.4) is 0 Å². The van der Waals surface area contributed by atoms with Crippen LogP contribution in [0.15, 0.2) is 42.5 Å². The summed E-state index contributed by atoms with van der Waals surface area (Å²) in [6, 6.07) is 11.5. The first-order valence-electron chi connectivity index (χ1n) is 16.3. The van der Waals surface area contributed by atoms with Gasteiger partial charge in [-0.25, -0.2) is 4.79 Å². The second-order valence-electron chi connectivity index (χ2n) is 12.8. The number of hydrogen-bond acceptors (Lipinski definition) is 7. The molecule has 6 rings (SSSR count). The molecular weight excluding hydrogens is 560 g/mol. The number of fused-ring (bicyclic) bond motifs is 1. The largest absolute Gasteiger partial charge is 0.355 e. The molecule has 3 aliphatic heterocycles. The molecule has 0 unspecified atom stereocenters. The van der Waals surface area contributed by atoms with Crippen LogP contribution in [-0.2, 0) is 24.0 Å². The summed E-state index contributed by atoms with van der Waals surface area (Å²) in [5.74, 6) is -2.23. The number of piperidine rings is 1. The molecule has 3 saturated heterocycles. The van der Waals surface area contributed by atoms with Crippen molar-refractivity contribution >= 4 is 40.4 Å². The van der Waals surface area contributed by atoms with Gasteiger partial charge in [-0.15, -0.1) is 5.06 Å². The van der Waals surface area contributed by atoms with E-state index in [0.29, 0.717) is 35.9 Å². The molecule has 0 aromatic heterocycles. The smallest absolute Gasteiger partial charge is 0.340 e. The highest BCUT2D eigenvalue weighted by atomic mass is 16.7. The Labute approximate surface area is 259 Å². The molecule has 1 saturated carbocycles. The number of hydroxylamine groups is 2. The maximum Gasteiger partial charge on any atom is 0.355 e. The number of likely N-dealkylation sites (tertiary alicyclic amines) is 2. The minimum Gasteiger partial charge on any atom is -0.340 e. The summed E-state index contributed by atoms with van der Waals surface area (Å²) in [6.45, 7) is 2.11. The Kier molecular flexibility index (Phi) is 9.25. The van der Waals surface area contributed by atoms with E-state index in [4.69, 9.17) is 4.84 Å². The number of nitrogens with one attached hydrogen (secondary N) is 1. The number of hydrogen-bond donors (Lipinski definition) is 1. The van der Waals surface area contributed by atoms with Gasteiger partial charge in [0.15, 0.2) is 0 Å². The Balaban J connectivity index is 0.00000400. The molecule has 236 valence electrons. The van der Waals surface area contributed by atoms with Crippen LogP contribution in [-0.4, -0.2) is 82.2 Å². The predicted octanol–water partition coefficient (Wildman–Crippen LogP) is 4.22. The van der Waals surface area contributed by atoms with Gasteiger partial charge in [0.05, 0.1) is 0 Å². The second kappa shape index (κ2) is 13.5. The summed E-state index contributed by atoms with van der Waals surface area (Å²) in [5, 5.41) is 5.57. The van der Waals surface area contributed by atoms with Crippen LogP contribution in [0.1, 0.15) is 88.8 Å². The Morgan fingerprint density at radius 2 is 1.57 bits per heavy atom. The van der Waals surface area contributed by atoms with Gasteiger partial charge in [-0.1, -0.05) is 68.9 Å². The molecule has 44 heavy (non-hydrogen) atoms. The molecule has 4 fully saturated rings. The molecular formula is C34H44N4O6. The van der Waals surface area contributed by atoms with Crippen LogP contribution in [0.2, 0.25) is 0 Å². The average Bonchev–Trinajstić information content (AvgIpc) is 3.64. The van der Waals surface area contributed by atoms with Crippen LogP contribution in [0, 0.1) is 5.92 Å². The normalized spacial score (nSPS) is 24.1. The van der Waals surface area contributed by atoms with E-state index in [0.717, 1.165) is 68.8 Å². The van der Waals surface area contributed by atoms with E-state index in [1.807, 2.05) is 36.4 Å². The number of imide groups is 1. The number of carbonyl (C=O) groups is 5. The van der Waals surface area contributed by atoms with Gasteiger partial charge in [0, 0.05) is 32.4 Å². The maximum absolute atomic E-state index is 14.4. The van der Waals surface area contributed by atoms with Crippen molar-refractivity contribution in [3.8, 4) is 0 Å². The Morgan fingerprint density at radius 3 is 2.30 bits per heavy atom. The number of benzene rings is 2. The molecule has 1 aliphatic carbocycles. The molecule has 4 amide bonds. The molecule has 1 N–H and O–H groups in total. The topological polar surface area (TPSA) is 116 Å². The third-order valence-corrected chi connectivity index (χ3v) is 9.84. The third-order valence-electron chi connectivity index (χ3n) is 9.84. The molecule has 0 radical (unpaired) electrons. The van der Waals surface area contributed by atoms with E-state index < -0.39 is 29.9 Å². The Morgan fingerprint density at radius 1 is 0.886 bits per heavy atom. The van der Waals surface area contributed by atoms with E-state index in [2.05, 4.69) is 10.2 Å². The fourth-order valence-electron chi connectivity index (χ4n) is 7.39. The Hall–Kier alpha value is -3.79. The number of rotatable bonds is 8. The number of carbonyl (C=O) groups excluding carboxylic acids is 5. The Bertz CT molecular complexity index is 1410. The molecule has 2 aromatic carbocycles. The van der Waals surface area contributed by atoms with E-state index in [-0.39, 0.29) is 32.1 Å². The third kappa shape index (κ3) is 6.65. The van der Waals surface area contributed by atoms with Crippen molar-refractivity contribution in [3.63, 3.8) is 0 Å².